The molecule has 0 amide bonds. The molecule has 0 aliphatic heterocycles. The summed E-state index contributed by atoms with van der Waals surface area (Å²) < 4.78 is 2.43. The molecular weight excluding hydrogens is 787 g/mol. The van der Waals surface area contributed by atoms with Crippen LogP contribution in [-0.4, -0.2) is 4.57 Å². The zero-order valence-electron chi connectivity index (χ0n) is 35.7. The minimum atomic E-state index is 1.11. The van der Waals surface area contributed by atoms with E-state index in [1.54, 1.807) is 0 Å². The maximum absolute atomic E-state index is 2.43. The van der Waals surface area contributed by atoms with E-state index >= 15 is 0 Å². The van der Waals surface area contributed by atoms with Crippen LogP contribution in [0.5, 0.6) is 0 Å². The van der Waals surface area contributed by atoms with Crippen LogP contribution in [0.4, 0.5) is 34.1 Å². The van der Waals surface area contributed by atoms with Gasteiger partial charge in [0.15, 0.2) is 0 Å². The predicted molar refractivity (Wildman–Crippen MR) is 276 cm³/mol. The van der Waals surface area contributed by atoms with Crippen molar-refractivity contribution >= 4 is 77.5 Å². The van der Waals surface area contributed by atoms with Crippen molar-refractivity contribution in [3.63, 3.8) is 0 Å². The van der Waals surface area contributed by atoms with Gasteiger partial charge in [-0.05, 0) is 118 Å². The van der Waals surface area contributed by atoms with Crippen LogP contribution in [0.2, 0.25) is 0 Å². The van der Waals surface area contributed by atoms with Crippen molar-refractivity contribution in [3.05, 3.63) is 261 Å². The summed E-state index contributed by atoms with van der Waals surface area (Å²) in [5, 5.41) is 7.35. The molecule has 0 bridgehead atoms. The van der Waals surface area contributed by atoms with Crippen LogP contribution in [0.3, 0.4) is 0 Å². The van der Waals surface area contributed by atoms with Gasteiger partial charge in [-0.1, -0.05) is 176 Å². The first-order valence-electron chi connectivity index (χ1n) is 22.3. The number of aromatic nitrogens is 1. The SMILES string of the molecule is c1ccc(N(c2ccc(-c3cccc(-n4c5ccccc5c5c(-c6ccc(N(c7ccccc7)c7cccc8ccccc78)cc6)cccc54)c3)cc2)c2cccc3ccccc23)cc1. The van der Waals surface area contributed by atoms with Crippen LogP contribution < -0.4 is 9.80 Å². The molecule has 12 aromatic rings. The Bertz CT molecular complexity index is 3640. The summed E-state index contributed by atoms with van der Waals surface area (Å²) in [6, 6.07) is 94.2. The van der Waals surface area contributed by atoms with Gasteiger partial charge in [0, 0.05) is 50.0 Å². The second-order valence-corrected chi connectivity index (χ2v) is 16.5. The Kier molecular flexibility index (Phi) is 9.50. The molecule has 306 valence electrons. The highest BCUT2D eigenvalue weighted by Gasteiger charge is 2.20. The zero-order valence-corrected chi connectivity index (χ0v) is 35.7. The van der Waals surface area contributed by atoms with Crippen molar-refractivity contribution in [3.8, 4) is 27.9 Å². The van der Waals surface area contributed by atoms with Crippen molar-refractivity contribution in [1.82, 2.24) is 4.57 Å². The standard InChI is InChI=1S/C62H43N3/c1-3-22-49(23-4-1)63(58-32-14-19-45-17-7-9-27-54(45)58)51-39-35-44(36-40-51)48-21-13-26-53(43-48)65-60-31-12-11-29-57(60)62-56(30-16-34-61(62)65)47-37-41-52(42-38-47)64(50-24-5-2-6-25-50)59-33-15-20-46-18-8-10-28-55(46)59/h1-43H. The summed E-state index contributed by atoms with van der Waals surface area (Å²) in [5.41, 5.74) is 15.0. The van der Waals surface area contributed by atoms with Crippen LogP contribution in [0.15, 0.2) is 261 Å². The van der Waals surface area contributed by atoms with Gasteiger partial charge in [-0.25, -0.2) is 0 Å². The van der Waals surface area contributed by atoms with Gasteiger partial charge < -0.3 is 14.4 Å². The first-order valence-corrected chi connectivity index (χ1v) is 22.3. The molecule has 0 saturated carbocycles. The fraction of sp³-hybridized carbons (Fsp3) is 0. The number of hydrogen-bond acceptors (Lipinski definition) is 2. The van der Waals surface area contributed by atoms with Gasteiger partial charge in [-0.2, -0.15) is 0 Å². The molecule has 0 fully saturated rings. The first-order chi connectivity index (χ1) is 32.3. The fourth-order valence-corrected chi connectivity index (χ4v) is 9.77. The Hall–Kier alpha value is -8.66. The number of fused-ring (bicyclic) bond motifs is 5. The molecular formula is C62H43N3. The highest BCUT2D eigenvalue weighted by Crippen LogP contribution is 2.43. The van der Waals surface area contributed by atoms with Crippen molar-refractivity contribution in [2.45, 2.75) is 0 Å². The number of rotatable bonds is 9. The van der Waals surface area contributed by atoms with E-state index in [0.29, 0.717) is 0 Å². The Morgan fingerprint density at radius 1 is 0.277 bits per heavy atom. The minimum Gasteiger partial charge on any atom is -0.310 e. The van der Waals surface area contributed by atoms with Crippen LogP contribution >= 0.6 is 0 Å². The van der Waals surface area contributed by atoms with Crippen LogP contribution in [-0.2, 0) is 0 Å². The predicted octanol–water partition coefficient (Wildman–Crippen LogP) is 17.4. The van der Waals surface area contributed by atoms with E-state index in [2.05, 4.69) is 275 Å². The van der Waals surface area contributed by atoms with Crippen molar-refractivity contribution in [1.29, 1.82) is 0 Å². The summed E-state index contributed by atoms with van der Waals surface area (Å²) >= 11 is 0. The van der Waals surface area contributed by atoms with Gasteiger partial charge >= 0.3 is 0 Å². The quantitative estimate of drug-likeness (QED) is 0.144. The van der Waals surface area contributed by atoms with Gasteiger partial charge in [-0.3, -0.25) is 0 Å². The largest absolute Gasteiger partial charge is 0.310 e. The number of benzene rings is 11. The summed E-state index contributed by atoms with van der Waals surface area (Å²) in [5.74, 6) is 0. The summed E-state index contributed by atoms with van der Waals surface area (Å²) in [7, 11) is 0. The second kappa shape index (κ2) is 16.2. The second-order valence-electron chi connectivity index (χ2n) is 16.5. The molecule has 0 atom stereocenters. The van der Waals surface area contributed by atoms with Crippen molar-refractivity contribution in [2.75, 3.05) is 9.80 Å². The molecule has 0 radical (unpaired) electrons. The molecule has 0 unspecified atom stereocenters. The molecule has 1 aromatic heterocycles. The lowest BCUT2D eigenvalue weighted by molar-refractivity contribution is 1.18. The number of hydrogen-bond donors (Lipinski definition) is 0. The number of para-hydroxylation sites is 3. The summed E-state index contributed by atoms with van der Waals surface area (Å²) in [6.07, 6.45) is 0. The van der Waals surface area contributed by atoms with Gasteiger partial charge in [-0.15, -0.1) is 0 Å². The Morgan fingerprint density at radius 3 is 1.32 bits per heavy atom. The van der Waals surface area contributed by atoms with E-state index < -0.39 is 0 Å². The number of nitrogens with zero attached hydrogens (tertiary/aromatic N) is 3. The third-order valence-corrected chi connectivity index (χ3v) is 12.7. The molecule has 0 aliphatic carbocycles. The smallest absolute Gasteiger partial charge is 0.0547 e. The highest BCUT2D eigenvalue weighted by atomic mass is 15.1. The third-order valence-electron chi connectivity index (χ3n) is 12.7. The molecule has 0 aliphatic rings. The van der Waals surface area contributed by atoms with Gasteiger partial charge in [0.05, 0.1) is 22.4 Å². The topological polar surface area (TPSA) is 11.4 Å². The zero-order chi connectivity index (χ0) is 43.1. The summed E-state index contributed by atoms with van der Waals surface area (Å²) in [4.78, 5) is 4.72. The van der Waals surface area contributed by atoms with E-state index in [1.165, 1.54) is 54.5 Å². The molecule has 0 saturated heterocycles. The Labute approximate surface area is 378 Å². The highest BCUT2D eigenvalue weighted by molar-refractivity contribution is 6.16. The molecule has 11 aromatic carbocycles. The third kappa shape index (κ3) is 6.78. The molecule has 1 heterocycles. The molecule has 0 spiro atoms. The Morgan fingerprint density at radius 2 is 0.723 bits per heavy atom. The molecule has 0 N–H and O–H groups in total. The average molecular weight is 830 g/mol. The lowest BCUT2D eigenvalue weighted by Crippen LogP contribution is -2.10. The average Bonchev–Trinajstić information content (AvgIpc) is 3.73. The normalized spacial score (nSPS) is 11.4. The lowest BCUT2D eigenvalue weighted by Gasteiger charge is -2.27. The van der Waals surface area contributed by atoms with E-state index in [1.807, 2.05) is 0 Å². The fourth-order valence-electron chi connectivity index (χ4n) is 9.77. The maximum Gasteiger partial charge on any atom is 0.0547 e. The van der Waals surface area contributed by atoms with Crippen LogP contribution in [0, 0.1) is 0 Å². The van der Waals surface area contributed by atoms with E-state index in [9.17, 15) is 0 Å². The molecule has 3 nitrogen and oxygen atoms in total. The van der Waals surface area contributed by atoms with Crippen molar-refractivity contribution in [2.24, 2.45) is 0 Å². The lowest BCUT2D eigenvalue weighted by atomic mass is 9.99. The Balaban J connectivity index is 0.923. The van der Waals surface area contributed by atoms with E-state index in [0.717, 1.165) is 50.9 Å². The van der Waals surface area contributed by atoms with E-state index in [-0.39, 0.29) is 0 Å². The minimum absolute atomic E-state index is 1.11. The van der Waals surface area contributed by atoms with Crippen LogP contribution in [0.25, 0.3) is 71.3 Å². The van der Waals surface area contributed by atoms with Crippen LogP contribution in [0.1, 0.15) is 0 Å². The van der Waals surface area contributed by atoms with Crippen molar-refractivity contribution < 1.29 is 0 Å². The monoisotopic (exact) mass is 829 g/mol. The van der Waals surface area contributed by atoms with Gasteiger partial charge in [0.1, 0.15) is 0 Å². The first kappa shape index (κ1) is 38.0. The molecule has 3 heteroatoms. The summed E-state index contributed by atoms with van der Waals surface area (Å²) in [6.45, 7) is 0. The maximum atomic E-state index is 2.43. The van der Waals surface area contributed by atoms with Gasteiger partial charge in [0.2, 0.25) is 0 Å². The van der Waals surface area contributed by atoms with Gasteiger partial charge in [0.25, 0.3) is 0 Å². The van der Waals surface area contributed by atoms with E-state index in [4.69, 9.17) is 0 Å². The molecule has 12 rings (SSSR count). The molecule has 65 heavy (non-hydrogen) atoms. The number of anilines is 6.